The smallest absolute Gasteiger partial charge is 0.184 e. The Morgan fingerprint density at radius 2 is 2.30 bits per heavy atom. The number of halogens is 1. The van der Waals surface area contributed by atoms with Crippen molar-refractivity contribution in [2.75, 3.05) is 0 Å². The van der Waals surface area contributed by atoms with Gasteiger partial charge in [-0.2, -0.15) is 5.26 Å². The Bertz CT molecular complexity index is 336. The molecule has 0 aliphatic carbocycles. The fourth-order valence-electron chi connectivity index (χ4n) is 0.570. The summed E-state index contributed by atoms with van der Waals surface area (Å²) in [6, 6.07) is 4.43. The topological polar surface area (TPSA) is 56.6 Å². The summed E-state index contributed by atoms with van der Waals surface area (Å²) in [5, 5.41) is 8.35. The van der Waals surface area contributed by atoms with Crippen LogP contribution >= 0.6 is 15.9 Å². The van der Waals surface area contributed by atoms with Crippen LogP contribution in [0, 0.1) is 11.3 Å². The van der Waals surface area contributed by atoms with Crippen LogP contribution in [0.4, 0.5) is 0 Å². The number of hydrogen-bond donors (Lipinski definition) is 1. The summed E-state index contributed by atoms with van der Waals surface area (Å²) in [4.78, 5) is 13.3. The van der Waals surface area contributed by atoms with Gasteiger partial charge in [0.05, 0.1) is 4.60 Å². The molecule has 10 heavy (non-hydrogen) atoms. The standard InChI is InChI=1S/C6H3BrN2O/c7-6-2-5(10)1-4(3-8)9-6/h1-2H,(H,9,10). The molecule has 1 N–H and O–H groups in total. The second-order valence-corrected chi connectivity index (χ2v) is 2.54. The summed E-state index contributed by atoms with van der Waals surface area (Å²) < 4.78 is 0.525. The molecule has 0 bridgehead atoms. The minimum atomic E-state index is -0.179. The van der Waals surface area contributed by atoms with Gasteiger partial charge in [-0.3, -0.25) is 4.79 Å². The second kappa shape index (κ2) is 2.67. The highest BCUT2D eigenvalue weighted by Gasteiger charge is 1.92. The van der Waals surface area contributed by atoms with Gasteiger partial charge in [0.25, 0.3) is 0 Å². The predicted molar refractivity (Wildman–Crippen MR) is 39.5 cm³/mol. The minimum Gasteiger partial charge on any atom is -0.341 e. The lowest BCUT2D eigenvalue weighted by Gasteiger charge is -1.89. The molecule has 1 aromatic heterocycles. The van der Waals surface area contributed by atoms with E-state index in [4.69, 9.17) is 5.26 Å². The maximum atomic E-state index is 10.7. The van der Waals surface area contributed by atoms with Crippen LogP contribution in [-0.4, -0.2) is 4.98 Å². The lowest BCUT2D eigenvalue weighted by Crippen LogP contribution is -1.99. The summed E-state index contributed by atoms with van der Waals surface area (Å²) in [6.45, 7) is 0. The van der Waals surface area contributed by atoms with Crippen LogP contribution in [0.25, 0.3) is 0 Å². The summed E-state index contributed by atoms with van der Waals surface area (Å²) in [5.41, 5.74) is 0.0848. The van der Waals surface area contributed by atoms with Crippen molar-refractivity contribution >= 4 is 15.9 Å². The van der Waals surface area contributed by atoms with Gasteiger partial charge < -0.3 is 4.98 Å². The van der Waals surface area contributed by atoms with Crippen LogP contribution in [0.5, 0.6) is 0 Å². The molecule has 0 saturated heterocycles. The van der Waals surface area contributed by atoms with E-state index in [9.17, 15) is 4.79 Å². The number of rotatable bonds is 0. The van der Waals surface area contributed by atoms with Gasteiger partial charge in [-0.25, -0.2) is 0 Å². The fraction of sp³-hybridized carbons (Fsp3) is 0. The molecule has 4 heteroatoms. The molecule has 50 valence electrons. The van der Waals surface area contributed by atoms with E-state index < -0.39 is 0 Å². The van der Waals surface area contributed by atoms with Crippen molar-refractivity contribution < 1.29 is 0 Å². The van der Waals surface area contributed by atoms with Gasteiger partial charge in [-0.05, 0) is 15.9 Å². The molecule has 0 saturated carbocycles. The Hall–Kier alpha value is -1.08. The molecule has 0 amide bonds. The van der Waals surface area contributed by atoms with Crippen LogP contribution < -0.4 is 5.43 Å². The first-order valence-corrected chi connectivity index (χ1v) is 3.31. The highest BCUT2D eigenvalue weighted by molar-refractivity contribution is 9.10. The molecule has 0 aromatic carbocycles. The Morgan fingerprint density at radius 3 is 2.80 bits per heavy atom. The minimum absolute atomic E-state index is 0.179. The number of nitrogens with one attached hydrogen (secondary N) is 1. The van der Waals surface area contributed by atoms with E-state index in [1.54, 1.807) is 0 Å². The highest BCUT2D eigenvalue weighted by atomic mass is 79.9. The zero-order valence-electron chi connectivity index (χ0n) is 4.89. The molecular weight excluding hydrogens is 196 g/mol. The molecule has 0 radical (unpaired) electrons. The van der Waals surface area contributed by atoms with Crippen LogP contribution in [-0.2, 0) is 0 Å². The van der Waals surface area contributed by atoms with Crippen LogP contribution in [0.1, 0.15) is 5.69 Å². The Kier molecular flexibility index (Phi) is 1.88. The molecule has 0 atom stereocenters. The molecule has 1 heterocycles. The van der Waals surface area contributed by atoms with Gasteiger partial charge in [-0.1, -0.05) is 0 Å². The van der Waals surface area contributed by atoms with Gasteiger partial charge in [0.1, 0.15) is 11.8 Å². The van der Waals surface area contributed by atoms with Gasteiger partial charge in [-0.15, -0.1) is 0 Å². The quantitative estimate of drug-likeness (QED) is 0.633. The van der Waals surface area contributed by atoms with Crippen LogP contribution in [0.2, 0.25) is 0 Å². The fourth-order valence-corrected chi connectivity index (χ4v) is 1.01. The first-order valence-electron chi connectivity index (χ1n) is 2.52. The summed E-state index contributed by atoms with van der Waals surface area (Å²) in [5.74, 6) is 0. The third kappa shape index (κ3) is 1.45. The van der Waals surface area contributed by atoms with Gasteiger partial charge in [0.2, 0.25) is 0 Å². The first kappa shape index (κ1) is 7.03. The molecule has 3 nitrogen and oxygen atoms in total. The molecule has 0 aliphatic heterocycles. The third-order valence-corrected chi connectivity index (χ3v) is 1.36. The van der Waals surface area contributed by atoms with E-state index >= 15 is 0 Å². The van der Waals surface area contributed by atoms with Crippen molar-refractivity contribution in [3.8, 4) is 6.07 Å². The lowest BCUT2D eigenvalue weighted by molar-refractivity contribution is 1.21. The summed E-state index contributed by atoms with van der Waals surface area (Å²) in [7, 11) is 0. The van der Waals surface area contributed by atoms with Crippen molar-refractivity contribution in [2.24, 2.45) is 0 Å². The van der Waals surface area contributed by atoms with Gasteiger partial charge in [0.15, 0.2) is 5.43 Å². The number of nitriles is 1. The molecule has 0 fully saturated rings. The second-order valence-electron chi connectivity index (χ2n) is 1.69. The van der Waals surface area contributed by atoms with E-state index in [-0.39, 0.29) is 11.1 Å². The maximum absolute atomic E-state index is 10.7. The van der Waals surface area contributed by atoms with E-state index in [2.05, 4.69) is 20.9 Å². The highest BCUT2D eigenvalue weighted by Crippen LogP contribution is 2.00. The van der Waals surface area contributed by atoms with Crippen molar-refractivity contribution in [3.63, 3.8) is 0 Å². The van der Waals surface area contributed by atoms with Crippen molar-refractivity contribution in [1.29, 1.82) is 5.26 Å². The normalized spacial score (nSPS) is 8.80. The Morgan fingerprint density at radius 1 is 1.60 bits per heavy atom. The third-order valence-electron chi connectivity index (χ3n) is 0.930. The SMILES string of the molecule is N#Cc1cc(=O)cc(Br)[nH]1. The number of H-pyrrole nitrogens is 1. The van der Waals surface area contributed by atoms with E-state index in [0.717, 1.165) is 0 Å². The van der Waals surface area contributed by atoms with E-state index in [1.165, 1.54) is 12.1 Å². The average molecular weight is 199 g/mol. The maximum Gasteiger partial charge on any atom is 0.184 e. The number of aromatic amines is 1. The monoisotopic (exact) mass is 198 g/mol. The zero-order chi connectivity index (χ0) is 7.56. The van der Waals surface area contributed by atoms with Crippen molar-refractivity contribution in [2.45, 2.75) is 0 Å². The molecular formula is C6H3BrN2O. The number of nitrogens with zero attached hydrogens (tertiary/aromatic N) is 1. The van der Waals surface area contributed by atoms with Crippen molar-refractivity contribution in [1.82, 2.24) is 4.98 Å². The molecule has 0 aliphatic rings. The van der Waals surface area contributed by atoms with E-state index in [0.29, 0.717) is 4.60 Å². The zero-order valence-corrected chi connectivity index (χ0v) is 6.47. The lowest BCUT2D eigenvalue weighted by atomic mass is 10.4. The van der Waals surface area contributed by atoms with Gasteiger partial charge >= 0.3 is 0 Å². The van der Waals surface area contributed by atoms with Crippen LogP contribution in [0.3, 0.4) is 0 Å². The first-order chi connectivity index (χ1) is 4.72. The average Bonchev–Trinajstić information content (AvgIpc) is 1.85. The summed E-state index contributed by atoms with van der Waals surface area (Å²) >= 11 is 3.05. The molecule has 0 unspecified atom stereocenters. The predicted octanol–water partition coefficient (Wildman–Crippen LogP) is 1.01. The molecule has 0 spiro atoms. The Labute approximate surface area is 65.4 Å². The molecule has 1 rings (SSSR count). The number of pyridine rings is 1. The number of hydrogen-bond acceptors (Lipinski definition) is 2. The largest absolute Gasteiger partial charge is 0.341 e. The van der Waals surface area contributed by atoms with E-state index in [1.807, 2.05) is 6.07 Å². The Balaban J connectivity index is 3.36. The van der Waals surface area contributed by atoms with Gasteiger partial charge in [0, 0.05) is 12.1 Å². The van der Waals surface area contributed by atoms with Crippen LogP contribution in [0.15, 0.2) is 21.5 Å². The molecule has 1 aromatic rings. The summed E-state index contributed by atoms with van der Waals surface area (Å²) in [6.07, 6.45) is 0. The number of aromatic nitrogens is 1. The van der Waals surface area contributed by atoms with Crippen molar-refractivity contribution in [3.05, 3.63) is 32.7 Å².